The molecule has 0 bridgehead atoms. The molecule has 1 aliphatic rings. The van der Waals surface area contributed by atoms with Crippen LogP contribution in [0.1, 0.15) is 15.9 Å². The van der Waals surface area contributed by atoms with Crippen LogP contribution < -0.4 is 15.0 Å². The third-order valence-corrected chi connectivity index (χ3v) is 3.84. The molecule has 0 saturated heterocycles. The summed E-state index contributed by atoms with van der Waals surface area (Å²) in [5.74, 6) is -2.20. The molecular formula is C18H16N2O6. The molecule has 1 aliphatic heterocycles. The number of phenols is 1. The zero-order chi connectivity index (χ0) is 18.8. The fourth-order valence-corrected chi connectivity index (χ4v) is 2.66. The molecule has 2 aromatic carbocycles. The molecule has 1 heterocycles. The Labute approximate surface area is 148 Å². The number of fused-ring (bicyclic) bond motifs is 1. The van der Waals surface area contributed by atoms with Crippen molar-refractivity contribution in [3.63, 3.8) is 0 Å². The minimum atomic E-state index is -1.30. The Kier molecular flexibility index (Phi) is 4.49. The number of aryl methyl sites for hydroxylation is 1. The predicted octanol–water partition coefficient (Wildman–Crippen LogP) is 1.76. The number of carboxylic acid groups (broad SMARTS) is 1. The zero-order valence-electron chi connectivity index (χ0n) is 13.9. The maximum Gasteiger partial charge on any atom is 0.339 e. The summed E-state index contributed by atoms with van der Waals surface area (Å²) in [5.41, 5.74) is 1.47. The highest BCUT2D eigenvalue weighted by Gasteiger charge is 2.25. The number of carbonyl (C=O) groups is 3. The summed E-state index contributed by atoms with van der Waals surface area (Å²) in [7, 11) is 0. The van der Waals surface area contributed by atoms with Crippen molar-refractivity contribution in [2.24, 2.45) is 0 Å². The fourth-order valence-electron chi connectivity index (χ4n) is 2.66. The number of benzene rings is 2. The van der Waals surface area contributed by atoms with Crippen molar-refractivity contribution in [2.45, 2.75) is 6.92 Å². The summed E-state index contributed by atoms with van der Waals surface area (Å²) in [4.78, 5) is 36.7. The van der Waals surface area contributed by atoms with Crippen LogP contribution in [0.2, 0.25) is 0 Å². The van der Waals surface area contributed by atoms with Gasteiger partial charge in [-0.05, 0) is 42.8 Å². The highest BCUT2D eigenvalue weighted by molar-refractivity contribution is 5.98. The highest BCUT2D eigenvalue weighted by Crippen LogP contribution is 2.32. The number of ether oxygens (including phenoxy) is 1. The third kappa shape index (κ3) is 3.59. The van der Waals surface area contributed by atoms with Crippen LogP contribution in [0.5, 0.6) is 11.5 Å². The van der Waals surface area contributed by atoms with Crippen LogP contribution in [0.25, 0.3) is 0 Å². The van der Waals surface area contributed by atoms with E-state index in [1.807, 2.05) is 13.0 Å². The second-order valence-corrected chi connectivity index (χ2v) is 5.89. The van der Waals surface area contributed by atoms with Gasteiger partial charge in [-0.2, -0.15) is 0 Å². The molecule has 26 heavy (non-hydrogen) atoms. The highest BCUT2D eigenvalue weighted by atomic mass is 16.5. The van der Waals surface area contributed by atoms with Gasteiger partial charge < -0.3 is 25.2 Å². The number of aromatic hydroxyl groups is 1. The van der Waals surface area contributed by atoms with E-state index in [4.69, 9.17) is 9.84 Å². The summed E-state index contributed by atoms with van der Waals surface area (Å²) in [6.07, 6.45) is 0. The van der Waals surface area contributed by atoms with E-state index in [-0.39, 0.29) is 24.3 Å². The molecule has 0 radical (unpaired) electrons. The predicted molar refractivity (Wildman–Crippen MR) is 92.7 cm³/mol. The Hall–Kier alpha value is -3.55. The topological polar surface area (TPSA) is 116 Å². The van der Waals surface area contributed by atoms with Crippen molar-refractivity contribution >= 4 is 29.2 Å². The van der Waals surface area contributed by atoms with Gasteiger partial charge in [0.15, 0.2) is 5.75 Å². The number of carboxylic acids is 1. The molecule has 0 aromatic heterocycles. The number of hydrogen-bond acceptors (Lipinski definition) is 6. The lowest BCUT2D eigenvalue weighted by Crippen LogP contribution is -2.41. The van der Waals surface area contributed by atoms with E-state index < -0.39 is 23.6 Å². The molecule has 3 N–H and O–H groups in total. The number of rotatable bonds is 4. The normalized spacial score (nSPS) is 13.0. The summed E-state index contributed by atoms with van der Waals surface area (Å²) >= 11 is 0. The van der Waals surface area contributed by atoms with Crippen LogP contribution in [0.4, 0.5) is 11.4 Å². The first-order valence-corrected chi connectivity index (χ1v) is 7.76. The van der Waals surface area contributed by atoms with E-state index in [2.05, 4.69) is 5.32 Å². The quantitative estimate of drug-likeness (QED) is 0.434. The Morgan fingerprint density at radius 3 is 2.73 bits per heavy atom. The van der Waals surface area contributed by atoms with Crippen molar-refractivity contribution in [3.05, 3.63) is 47.5 Å². The van der Waals surface area contributed by atoms with Crippen molar-refractivity contribution in [1.29, 1.82) is 0 Å². The van der Waals surface area contributed by atoms with Gasteiger partial charge in [-0.1, -0.05) is 6.07 Å². The number of nitrogens with one attached hydrogen (secondary N) is 1. The Morgan fingerprint density at radius 2 is 2.00 bits per heavy atom. The van der Waals surface area contributed by atoms with Gasteiger partial charge in [0.05, 0.1) is 12.2 Å². The molecule has 0 spiro atoms. The minimum Gasteiger partial charge on any atom is -0.507 e. The average Bonchev–Trinajstić information content (AvgIpc) is 2.55. The van der Waals surface area contributed by atoms with Gasteiger partial charge in [0.1, 0.15) is 17.9 Å². The van der Waals surface area contributed by atoms with Crippen LogP contribution in [-0.4, -0.2) is 41.1 Å². The number of carbonyl (C=O) groups excluding carboxylic acids is 2. The molecule has 0 atom stereocenters. The molecule has 2 aromatic rings. The van der Waals surface area contributed by atoms with Gasteiger partial charge in [0.25, 0.3) is 0 Å². The average molecular weight is 356 g/mol. The van der Waals surface area contributed by atoms with E-state index in [1.165, 1.54) is 12.1 Å². The summed E-state index contributed by atoms with van der Waals surface area (Å²) in [6, 6.07) is 9.08. The van der Waals surface area contributed by atoms with E-state index >= 15 is 0 Å². The Balaban J connectivity index is 1.76. The second-order valence-electron chi connectivity index (χ2n) is 5.89. The number of nitrogens with zero attached hydrogens (tertiary/aromatic N) is 1. The molecule has 1 amide bonds. The molecular weight excluding hydrogens is 340 g/mol. The number of esters is 1. The fraction of sp³-hybridized carbons (Fsp3) is 0.167. The van der Waals surface area contributed by atoms with Gasteiger partial charge >= 0.3 is 11.9 Å². The molecule has 0 fully saturated rings. The minimum absolute atomic E-state index is 0.0700. The van der Waals surface area contributed by atoms with E-state index in [0.717, 1.165) is 11.6 Å². The number of amides is 1. The van der Waals surface area contributed by atoms with Gasteiger partial charge in [0.2, 0.25) is 5.91 Å². The standard InChI is InChI=1S/C18H16N2O6/c1-10-2-4-13-15(6-10)26-17(23)9-20(13)8-16(22)19-11-3-5-14(21)12(7-11)18(24)25/h2-7,21H,8-9H2,1H3,(H,19,22)(H,24,25). The Bertz CT molecular complexity index is 909. The van der Waals surface area contributed by atoms with Crippen molar-refractivity contribution in [2.75, 3.05) is 23.3 Å². The maximum atomic E-state index is 12.3. The van der Waals surface area contributed by atoms with Gasteiger partial charge in [0, 0.05) is 5.69 Å². The first-order valence-electron chi connectivity index (χ1n) is 7.76. The molecule has 8 nitrogen and oxygen atoms in total. The lowest BCUT2D eigenvalue weighted by molar-refractivity contribution is -0.133. The molecule has 0 aliphatic carbocycles. The van der Waals surface area contributed by atoms with Gasteiger partial charge in [-0.3, -0.25) is 4.79 Å². The monoisotopic (exact) mass is 356 g/mol. The van der Waals surface area contributed by atoms with Crippen LogP contribution in [0, 0.1) is 6.92 Å². The molecule has 0 saturated carbocycles. The zero-order valence-corrected chi connectivity index (χ0v) is 13.9. The lowest BCUT2D eigenvalue weighted by Gasteiger charge is -2.29. The first kappa shape index (κ1) is 17.3. The number of aromatic carboxylic acids is 1. The van der Waals surface area contributed by atoms with Crippen LogP contribution in [-0.2, 0) is 9.59 Å². The summed E-state index contributed by atoms with van der Waals surface area (Å²) < 4.78 is 5.19. The summed E-state index contributed by atoms with van der Waals surface area (Å²) in [5, 5.41) is 21.1. The van der Waals surface area contributed by atoms with E-state index in [1.54, 1.807) is 17.0 Å². The number of anilines is 2. The molecule has 134 valence electrons. The lowest BCUT2D eigenvalue weighted by atomic mass is 10.1. The van der Waals surface area contributed by atoms with E-state index in [0.29, 0.717) is 11.4 Å². The molecule has 3 rings (SSSR count). The van der Waals surface area contributed by atoms with Crippen LogP contribution in [0.3, 0.4) is 0 Å². The smallest absolute Gasteiger partial charge is 0.339 e. The van der Waals surface area contributed by atoms with Gasteiger partial charge in [-0.25, -0.2) is 9.59 Å². The molecule has 0 unspecified atom stereocenters. The Morgan fingerprint density at radius 1 is 1.23 bits per heavy atom. The first-order chi connectivity index (χ1) is 12.3. The summed E-state index contributed by atoms with van der Waals surface area (Å²) in [6.45, 7) is 1.68. The van der Waals surface area contributed by atoms with Crippen molar-refractivity contribution in [1.82, 2.24) is 0 Å². The van der Waals surface area contributed by atoms with Crippen LogP contribution in [0.15, 0.2) is 36.4 Å². The van der Waals surface area contributed by atoms with Crippen molar-refractivity contribution in [3.8, 4) is 11.5 Å². The van der Waals surface area contributed by atoms with Gasteiger partial charge in [-0.15, -0.1) is 0 Å². The molecule has 8 heteroatoms. The largest absolute Gasteiger partial charge is 0.507 e. The number of hydrogen-bond donors (Lipinski definition) is 3. The van der Waals surface area contributed by atoms with Crippen molar-refractivity contribution < 1.29 is 29.3 Å². The SMILES string of the molecule is Cc1ccc2c(c1)OC(=O)CN2CC(=O)Nc1ccc(O)c(C(=O)O)c1. The maximum absolute atomic E-state index is 12.3. The van der Waals surface area contributed by atoms with Crippen LogP contribution >= 0.6 is 0 Å². The third-order valence-electron chi connectivity index (χ3n) is 3.84. The van der Waals surface area contributed by atoms with E-state index in [9.17, 15) is 19.5 Å². The second kappa shape index (κ2) is 6.75.